The second kappa shape index (κ2) is 9.05. The number of rotatable bonds is 3. The highest BCUT2D eigenvalue weighted by molar-refractivity contribution is 6.13. The van der Waals surface area contributed by atoms with Gasteiger partial charge in [-0.2, -0.15) is 0 Å². The monoisotopic (exact) mass is 512 g/mol. The van der Waals surface area contributed by atoms with E-state index in [1.165, 1.54) is 16.3 Å². The van der Waals surface area contributed by atoms with Gasteiger partial charge in [-0.05, 0) is 84.0 Å². The first kappa shape index (κ1) is 23.0. The highest BCUT2D eigenvalue weighted by Crippen LogP contribution is 2.43. The lowest BCUT2D eigenvalue weighted by atomic mass is 9.71. The van der Waals surface area contributed by atoms with Crippen LogP contribution in [-0.4, -0.2) is 4.98 Å². The van der Waals surface area contributed by atoms with Crippen LogP contribution in [0.3, 0.4) is 0 Å². The lowest BCUT2D eigenvalue weighted by Crippen LogP contribution is -2.30. The van der Waals surface area contributed by atoms with Crippen molar-refractivity contribution in [3.05, 3.63) is 96.3 Å². The van der Waals surface area contributed by atoms with Crippen molar-refractivity contribution in [2.24, 2.45) is 12.5 Å². The summed E-state index contributed by atoms with van der Waals surface area (Å²) in [6, 6.07) is 25.7. The largest absolute Gasteiger partial charge is 0.455 e. The molecule has 0 radical (unpaired) electrons. The molecular formula is C36H35N2O+. The maximum absolute atomic E-state index is 9.13. The third-order valence-corrected chi connectivity index (χ3v) is 8.80. The minimum Gasteiger partial charge on any atom is -0.455 e. The first-order valence-corrected chi connectivity index (χ1v) is 14.0. The number of fused-ring (bicyclic) bond motifs is 4. The van der Waals surface area contributed by atoms with Crippen LogP contribution in [-0.2, 0) is 7.05 Å². The third kappa shape index (κ3) is 4.21. The minimum atomic E-state index is -0.534. The summed E-state index contributed by atoms with van der Waals surface area (Å²) in [6.07, 6.45) is 7.98. The van der Waals surface area contributed by atoms with Crippen molar-refractivity contribution in [1.82, 2.24) is 4.98 Å². The SMILES string of the molecule is [2H]C1(c2ccc(-c3cc[n+](C)c(-c4c(C)ccc5c4oc4cc6ccccc6cc45)c3)nc2)CCC(C)(C)CC1. The average Bonchev–Trinajstić information content (AvgIpc) is 3.31. The molecule has 0 spiro atoms. The molecule has 6 aromatic rings. The summed E-state index contributed by atoms with van der Waals surface area (Å²) in [4.78, 5) is 4.87. The van der Waals surface area contributed by atoms with Crippen LogP contribution in [0.1, 0.15) is 57.9 Å². The zero-order valence-corrected chi connectivity index (χ0v) is 23.2. The van der Waals surface area contributed by atoms with Crippen LogP contribution in [0.2, 0.25) is 0 Å². The summed E-state index contributed by atoms with van der Waals surface area (Å²) in [7, 11) is 2.08. The maximum Gasteiger partial charge on any atom is 0.217 e. The minimum absolute atomic E-state index is 0.336. The summed E-state index contributed by atoms with van der Waals surface area (Å²) in [5.41, 5.74) is 8.53. The molecule has 0 saturated heterocycles. The zero-order valence-electron chi connectivity index (χ0n) is 24.2. The Balaban J connectivity index is 1.31. The van der Waals surface area contributed by atoms with Crippen LogP contribution >= 0.6 is 0 Å². The first-order valence-electron chi connectivity index (χ1n) is 14.5. The predicted octanol–water partition coefficient (Wildman–Crippen LogP) is 9.28. The second-order valence-corrected chi connectivity index (χ2v) is 12.0. The number of pyridine rings is 2. The smallest absolute Gasteiger partial charge is 0.217 e. The molecule has 194 valence electrons. The molecule has 0 unspecified atom stereocenters. The molecule has 0 amide bonds. The van der Waals surface area contributed by atoms with Crippen molar-refractivity contribution in [3.8, 4) is 22.5 Å². The Morgan fingerprint density at radius 2 is 1.69 bits per heavy atom. The number of hydrogen-bond donors (Lipinski definition) is 0. The molecule has 3 nitrogen and oxygen atoms in total. The Morgan fingerprint density at radius 3 is 2.44 bits per heavy atom. The van der Waals surface area contributed by atoms with Crippen molar-refractivity contribution in [1.29, 1.82) is 0 Å². The molecule has 0 aliphatic heterocycles. The predicted molar refractivity (Wildman–Crippen MR) is 161 cm³/mol. The van der Waals surface area contributed by atoms with Gasteiger partial charge in [0.15, 0.2) is 6.20 Å². The quantitative estimate of drug-likeness (QED) is 0.221. The fraction of sp³-hybridized carbons (Fsp3) is 0.278. The number of nitrogens with zero attached hydrogens (tertiary/aromatic N) is 2. The van der Waals surface area contributed by atoms with Crippen LogP contribution in [0.15, 0.2) is 89.6 Å². The van der Waals surface area contributed by atoms with Gasteiger partial charge >= 0.3 is 0 Å². The van der Waals surface area contributed by atoms with E-state index in [0.717, 1.165) is 75.7 Å². The van der Waals surface area contributed by atoms with E-state index >= 15 is 0 Å². The number of hydrogen-bond acceptors (Lipinski definition) is 2. The molecule has 3 heterocycles. The van der Waals surface area contributed by atoms with Gasteiger partial charge in [0.25, 0.3) is 0 Å². The average molecular weight is 513 g/mol. The van der Waals surface area contributed by atoms with Crippen LogP contribution in [0.25, 0.3) is 55.2 Å². The molecule has 39 heavy (non-hydrogen) atoms. The van der Waals surface area contributed by atoms with Crippen LogP contribution in [0.4, 0.5) is 0 Å². The van der Waals surface area contributed by atoms with Crippen molar-refractivity contribution in [2.45, 2.75) is 52.3 Å². The van der Waals surface area contributed by atoms with Crippen molar-refractivity contribution < 1.29 is 10.4 Å². The third-order valence-electron chi connectivity index (χ3n) is 8.80. The van der Waals surface area contributed by atoms with E-state index in [9.17, 15) is 0 Å². The van der Waals surface area contributed by atoms with E-state index in [1.54, 1.807) is 0 Å². The number of aryl methyl sites for hydroxylation is 2. The Labute approximate surface area is 231 Å². The van der Waals surface area contributed by atoms with Gasteiger partial charge in [-0.25, -0.2) is 4.57 Å². The molecule has 1 aliphatic rings. The standard InChI is InChI=1S/C36H35N2O/c1-23-9-11-29-30-19-25-7-5-6-8-26(25)21-33(30)39-35(29)34(23)32-20-27(15-18-38(32)4)31-12-10-28(22-37-31)24-13-16-36(2,3)17-14-24/h5-12,15,18-22,24H,13-14,16-17H2,1-4H3/q+1/i24D. The Bertz CT molecular complexity index is 1910. The summed E-state index contributed by atoms with van der Waals surface area (Å²) in [5, 5.41) is 4.67. The summed E-state index contributed by atoms with van der Waals surface area (Å²) in [5.74, 6) is -0.534. The Morgan fingerprint density at radius 1 is 0.923 bits per heavy atom. The molecule has 0 N–H and O–H groups in total. The maximum atomic E-state index is 9.13. The highest BCUT2D eigenvalue weighted by Gasteiger charge is 2.28. The fourth-order valence-electron chi connectivity index (χ4n) is 6.21. The molecule has 3 heteroatoms. The van der Waals surface area contributed by atoms with E-state index in [0.29, 0.717) is 5.41 Å². The highest BCUT2D eigenvalue weighted by atomic mass is 16.3. The van der Waals surface area contributed by atoms with E-state index < -0.39 is 5.89 Å². The molecular weight excluding hydrogens is 476 g/mol. The Kier molecular flexibility index (Phi) is 5.33. The van der Waals surface area contributed by atoms with Gasteiger partial charge in [-0.3, -0.25) is 4.98 Å². The molecule has 0 atom stereocenters. The van der Waals surface area contributed by atoms with Crippen molar-refractivity contribution in [2.75, 3.05) is 0 Å². The summed E-state index contributed by atoms with van der Waals surface area (Å²) >= 11 is 0. The molecule has 3 aromatic heterocycles. The van der Waals surface area contributed by atoms with E-state index in [4.69, 9.17) is 10.8 Å². The molecule has 1 fully saturated rings. The van der Waals surface area contributed by atoms with E-state index in [-0.39, 0.29) is 0 Å². The van der Waals surface area contributed by atoms with Crippen molar-refractivity contribution in [3.63, 3.8) is 0 Å². The molecule has 3 aromatic carbocycles. The zero-order chi connectivity index (χ0) is 27.6. The molecule has 1 saturated carbocycles. The van der Waals surface area contributed by atoms with Gasteiger partial charge in [-0.15, -0.1) is 0 Å². The second-order valence-electron chi connectivity index (χ2n) is 12.0. The van der Waals surface area contributed by atoms with Crippen molar-refractivity contribution >= 4 is 32.7 Å². The number of aromatic nitrogens is 2. The topological polar surface area (TPSA) is 29.9 Å². The van der Waals surface area contributed by atoms with E-state index in [2.05, 4.69) is 111 Å². The summed E-state index contributed by atoms with van der Waals surface area (Å²) < 4.78 is 17.9. The molecule has 7 rings (SSSR count). The molecule has 1 aliphatic carbocycles. The van der Waals surface area contributed by atoms with Gasteiger partial charge in [0.05, 0.1) is 11.3 Å². The van der Waals surface area contributed by atoms with Gasteiger partial charge in [0.1, 0.15) is 18.2 Å². The van der Waals surface area contributed by atoms with Gasteiger partial charge in [0.2, 0.25) is 5.69 Å². The lowest BCUT2D eigenvalue weighted by Gasteiger charge is -2.34. The van der Waals surface area contributed by atoms with Crippen LogP contribution < -0.4 is 4.57 Å². The van der Waals surface area contributed by atoms with Crippen LogP contribution in [0, 0.1) is 12.3 Å². The number of furan rings is 1. The van der Waals surface area contributed by atoms with Gasteiger partial charge in [-0.1, -0.05) is 56.3 Å². The Hall–Kier alpha value is -3.98. The fourth-order valence-corrected chi connectivity index (χ4v) is 6.21. The molecule has 0 bridgehead atoms. The first-order chi connectivity index (χ1) is 19.2. The lowest BCUT2D eigenvalue weighted by molar-refractivity contribution is -0.660. The number of benzene rings is 3. The summed E-state index contributed by atoms with van der Waals surface area (Å²) in [6.45, 7) is 6.78. The van der Waals surface area contributed by atoms with Gasteiger partial charge in [0, 0.05) is 36.0 Å². The normalized spacial score (nSPS) is 17.1. The van der Waals surface area contributed by atoms with Crippen LogP contribution in [0.5, 0.6) is 0 Å². The van der Waals surface area contributed by atoms with Gasteiger partial charge < -0.3 is 4.42 Å². The van der Waals surface area contributed by atoms with E-state index in [1.807, 2.05) is 6.20 Å².